The van der Waals surface area contributed by atoms with Crippen LogP contribution in [0.4, 0.5) is 0 Å². The van der Waals surface area contributed by atoms with Gasteiger partial charge in [-0.15, -0.1) is 11.3 Å². The molecule has 0 aliphatic carbocycles. The van der Waals surface area contributed by atoms with Crippen LogP contribution >= 0.6 is 27.3 Å². The summed E-state index contributed by atoms with van der Waals surface area (Å²) in [6.07, 6.45) is 3.46. The monoisotopic (exact) mass is 363 g/mol. The van der Waals surface area contributed by atoms with Gasteiger partial charge in [-0.05, 0) is 40.4 Å². The molecule has 0 N–H and O–H groups in total. The van der Waals surface area contributed by atoms with Crippen molar-refractivity contribution in [3.63, 3.8) is 0 Å². The van der Waals surface area contributed by atoms with Crippen LogP contribution in [0.15, 0.2) is 46.3 Å². The molecule has 2 nitrogen and oxygen atoms in total. The Balaban J connectivity index is 1.77. The van der Waals surface area contributed by atoms with Crippen LogP contribution in [0.2, 0.25) is 0 Å². The van der Waals surface area contributed by atoms with Crippen LogP contribution in [-0.4, -0.2) is 23.9 Å². The number of carbonyl (C=O) groups excluding carboxylic acids is 1. The topological polar surface area (TPSA) is 20.3 Å². The highest BCUT2D eigenvalue weighted by Crippen LogP contribution is 2.28. The van der Waals surface area contributed by atoms with Crippen molar-refractivity contribution in [2.75, 3.05) is 13.1 Å². The van der Waals surface area contributed by atoms with Crippen LogP contribution in [0, 0.1) is 0 Å². The number of rotatable bonds is 2. The lowest BCUT2D eigenvalue weighted by Crippen LogP contribution is -2.33. The van der Waals surface area contributed by atoms with Gasteiger partial charge in [-0.1, -0.05) is 36.8 Å². The molecule has 0 radical (unpaired) electrons. The molecule has 0 bridgehead atoms. The highest BCUT2D eigenvalue weighted by molar-refractivity contribution is 9.10. The summed E-state index contributed by atoms with van der Waals surface area (Å²) in [7, 11) is 0. The summed E-state index contributed by atoms with van der Waals surface area (Å²) in [5, 5.41) is 1.97. The van der Waals surface area contributed by atoms with Crippen molar-refractivity contribution in [2.24, 2.45) is 0 Å². The SMILES string of the molecule is O=C(c1cc(Br)cs1)N1CCCC[C@@H](c2ccccc2)C1. The summed E-state index contributed by atoms with van der Waals surface area (Å²) in [4.78, 5) is 15.5. The Bertz CT molecular complexity index is 610. The van der Waals surface area contributed by atoms with Crippen molar-refractivity contribution in [1.29, 1.82) is 0 Å². The van der Waals surface area contributed by atoms with E-state index in [-0.39, 0.29) is 5.91 Å². The molecule has 0 saturated carbocycles. The van der Waals surface area contributed by atoms with E-state index in [1.807, 2.05) is 22.4 Å². The van der Waals surface area contributed by atoms with Gasteiger partial charge in [0.2, 0.25) is 0 Å². The van der Waals surface area contributed by atoms with E-state index >= 15 is 0 Å². The van der Waals surface area contributed by atoms with Crippen molar-refractivity contribution < 1.29 is 4.79 Å². The second-order valence-electron chi connectivity index (χ2n) is 5.48. The van der Waals surface area contributed by atoms with Gasteiger partial charge in [-0.2, -0.15) is 0 Å². The van der Waals surface area contributed by atoms with E-state index < -0.39 is 0 Å². The first kappa shape index (κ1) is 14.8. The maximum absolute atomic E-state index is 12.7. The van der Waals surface area contributed by atoms with E-state index in [0.717, 1.165) is 28.9 Å². The average Bonchev–Trinajstić information content (AvgIpc) is 2.81. The normalized spacial score (nSPS) is 19.3. The van der Waals surface area contributed by atoms with Gasteiger partial charge in [-0.25, -0.2) is 0 Å². The zero-order chi connectivity index (χ0) is 14.7. The fraction of sp³-hybridized carbons (Fsp3) is 0.353. The molecule has 1 fully saturated rings. The van der Waals surface area contributed by atoms with E-state index in [1.54, 1.807) is 0 Å². The summed E-state index contributed by atoms with van der Waals surface area (Å²) in [5.41, 5.74) is 1.35. The van der Waals surface area contributed by atoms with E-state index in [4.69, 9.17) is 0 Å². The first-order chi connectivity index (χ1) is 10.2. The van der Waals surface area contributed by atoms with Crippen LogP contribution < -0.4 is 0 Å². The van der Waals surface area contributed by atoms with Gasteiger partial charge in [0.1, 0.15) is 0 Å². The average molecular weight is 364 g/mol. The number of likely N-dealkylation sites (tertiary alicyclic amines) is 1. The molecule has 1 saturated heterocycles. The van der Waals surface area contributed by atoms with Crippen molar-refractivity contribution in [1.82, 2.24) is 4.90 Å². The third kappa shape index (κ3) is 3.55. The van der Waals surface area contributed by atoms with Gasteiger partial charge in [0, 0.05) is 28.9 Å². The third-order valence-corrected chi connectivity index (χ3v) is 5.69. The van der Waals surface area contributed by atoms with E-state index in [0.29, 0.717) is 5.92 Å². The molecule has 21 heavy (non-hydrogen) atoms. The number of benzene rings is 1. The van der Waals surface area contributed by atoms with Crippen LogP contribution in [0.25, 0.3) is 0 Å². The molecule has 1 aromatic carbocycles. The van der Waals surface area contributed by atoms with Crippen molar-refractivity contribution >= 4 is 33.2 Å². The molecule has 1 aliphatic rings. The number of amides is 1. The van der Waals surface area contributed by atoms with Gasteiger partial charge in [-0.3, -0.25) is 4.79 Å². The number of hydrogen-bond acceptors (Lipinski definition) is 2. The molecule has 1 atom stereocenters. The van der Waals surface area contributed by atoms with E-state index in [2.05, 4.69) is 40.2 Å². The number of halogens is 1. The lowest BCUT2D eigenvalue weighted by molar-refractivity contribution is 0.0759. The fourth-order valence-electron chi connectivity index (χ4n) is 2.90. The molecule has 1 aromatic heterocycles. The number of thiophene rings is 1. The molecule has 4 heteroatoms. The molecule has 1 aliphatic heterocycles. The lowest BCUT2D eigenvalue weighted by atomic mass is 9.94. The maximum Gasteiger partial charge on any atom is 0.263 e. The van der Waals surface area contributed by atoms with Crippen LogP contribution in [0.3, 0.4) is 0 Å². The standard InChI is InChI=1S/C17H18BrNOS/c18-15-10-16(21-12-15)17(20)19-9-5-4-8-14(11-19)13-6-2-1-3-7-13/h1-3,6-7,10,12,14H,4-5,8-9,11H2/t14-/m1/s1. The van der Waals surface area contributed by atoms with Gasteiger partial charge in [0.25, 0.3) is 5.91 Å². The zero-order valence-electron chi connectivity index (χ0n) is 11.8. The second kappa shape index (κ2) is 6.75. The Morgan fingerprint density at radius 1 is 1.24 bits per heavy atom. The maximum atomic E-state index is 12.7. The predicted molar refractivity (Wildman–Crippen MR) is 91.0 cm³/mol. The van der Waals surface area contributed by atoms with Crippen LogP contribution in [0.5, 0.6) is 0 Å². The second-order valence-corrected chi connectivity index (χ2v) is 7.31. The highest BCUT2D eigenvalue weighted by atomic mass is 79.9. The van der Waals surface area contributed by atoms with Crippen molar-refractivity contribution in [3.05, 3.63) is 56.7 Å². The Labute approximate surface area is 137 Å². The number of hydrogen-bond donors (Lipinski definition) is 0. The first-order valence-electron chi connectivity index (χ1n) is 7.32. The molecule has 2 aromatic rings. The number of carbonyl (C=O) groups is 1. The van der Waals surface area contributed by atoms with Gasteiger partial charge < -0.3 is 4.90 Å². The van der Waals surface area contributed by atoms with E-state index in [1.165, 1.54) is 29.7 Å². The molecular formula is C17H18BrNOS. The predicted octanol–water partition coefficient (Wildman–Crippen LogP) is 4.92. The van der Waals surface area contributed by atoms with Crippen molar-refractivity contribution in [3.8, 4) is 0 Å². The van der Waals surface area contributed by atoms with Gasteiger partial charge in [0.05, 0.1) is 4.88 Å². The Morgan fingerprint density at radius 3 is 2.76 bits per heavy atom. The minimum absolute atomic E-state index is 0.175. The molecule has 1 amide bonds. The first-order valence-corrected chi connectivity index (χ1v) is 8.99. The minimum atomic E-state index is 0.175. The largest absolute Gasteiger partial charge is 0.337 e. The van der Waals surface area contributed by atoms with Crippen LogP contribution in [-0.2, 0) is 0 Å². The summed E-state index contributed by atoms with van der Waals surface area (Å²) in [5.74, 6) is 0.634. The lowest BCUT2D eigenvalue weighted by Gasteiger charge is -2.24. The smallest absolute Gasteiger partial charge is 0.263 e. The summed E-state index contributed by atoms with van der Waals surface area (Å²) >= 11 is 4.95. The number of nitrogens with zero attached hydrogens (tertiary/aromatic N) is 1. The van der Waals surface area contributed by atoms with Gasteiger partial charge in [0.15, 0.2) is 0 Å². The summed E-state index contributed by atoms with van der Waals surface area (Å²) in [6.45, 7) is 1.70. The Morgan fingerprint density at radius 2 is 2.05 bits per heavy atom. The van der Waals surface area contributed by atoms with Crippen LogP contribution in [0.1, 0.15) is 40.4 Å². The molecule has 3 rings (SSSR count). The zero-order valence-corrected chi connectivity index (χ0v) is 14.2. The Hall–Kier alpha value is -1.13. The summed E-state index contributed by atoms with van der Waals surface area (Å²) < 4.78 is 0.991. The molecular weight excluding hydrogens is 346 g/mol. The quantitative estimate of drug-likeness (QED) is 0.741. The molecule has 0 spiro atoms. The van der Waals surface area contributed by atoms with Gasteiger partial charge >= 0.3 is 0 Å². The Kier molecular flexibility index (Phi) is 4.76. The highest BCUT2D eigenvalue weighted by Gasteiger charge is 2.24. The third-order valence-electron chi connectivity index (χ3n) is 4.01. The molecule has 2 heterocycles. The van der Waals surface area contributed by atoms with Crippen molar-refractivity contribution in [2.45, 2.75) is 25.2 Å². The van der Waals surface area contributed by atoms with E-state index in [9.17, 15) is 4.79 Å². The molecule has 110 valence electrons. The summed E-state index contributed by atoms with van der Waals surface area (Å²) in [6, 6.07) is 12.5. The molecule has 0 unspecified atom stereocenters. The minimum Gasteiger partial charge on any atom is -0.337 e. The fourth-order valence-corrected chi connectivity index (χ4v) is 4.30.